The Bertz CT molecular complexity index is 1200. The number of fused-ring (bicyclic) bond motifs is 1. The largest absolute Gasteiger partial charge is 0.450 e. The van der Waals surface area contributed by atoms with Gasteiger partial charge in [-0.05, 0) is 43.2 Å². The zero-order valence-electron chi connectivity index (χ0n) is 19.4. The number of aromatic amines is 1. The average Bonchev–Trinajstić information content (AvgIpc) is 3.27. The summed E-state index contributed by atoms with van der Waals surface area (Å²) in [4.78, 5) is 28.0. The number of rotatable bonds is 10. The maximum Gasteiger partial charge on any atom is 0.410 e. The summed E-state index contributed by atoms with van der Waals surface area (Å²) in [7, 11) is 0. The molecule has 0 fully saturated rings. The number of aromatic nitrogens is 3. The number of thioether (sulfide) groups is 2. The van der Waals surface area contributed by atoms with Gasteiger partial charge in [0.2, 0.25) is 0 Å². The first-order chi connectivity index (χ1) is 16.6. The van der Waals surface area contributed by atoms with Crippen molar-refractivity contribution in [1.82, 2.24) is 19.9 Å². The maximum atomic E-state index is 12.5. The van der Waals surface area contributed by atoms with Gasteiger partial charge < -0.3 is 14.6 Å². The molecule has 0 aliphatic rings. The van der Waals surface area contributed by atoms with E-state index in [1.165, 1.54) is 10.5 Å². The lowest BCUT2D eigenvalue weighted by Crippen LogP contribution is -2.33. The van der Waals surface area contributed by atoms with Crippen molar-refractivity contribution in [3.05, 3.63) is 83.7 Å². The highest BCUT2D eigenvalue weighted by molar-refractivity contribution is 7.99. The quantitative estimate of drug-likeness (QED) is 0.262. The van der Waals surface area contributed by atoms with Crippen molar-refractivity contribution in [2.24, 2.45) is 0 Å². The first-order valence-electron chi connectivity index (χ1n) is 11.2. The fraction of sp³-hybridized carbons (Fsp3) is 0.269. The number of amides is 1. The van der Waals surface area contributed by atoms with Crippen molar-refractivity contribution in [3.63, 3.8) is 0 Å². The molecule has 4 rings (SSSR count). The van der Waals surface area contributed by atoms with Crippen molar-refractivity contribution in [1.29, 1.82) is 0 Å². The molecular formula is C26H28N4O2S2. The molecule has 2 heterocycles. The van der Waals surface area contributed by atoms with Crippen LogP contribution in [0.2, 0.25) is 0 Å². The minimum absolute atomic E-state index is 0.277. The summed E-state index contributed by atoms with van der Waals surface area (Å²) in [6, 6.07) is 20.1. The van der Waals surface area contributed by atoms with Crippen molar-refractivity contribution in [3.8, 4) is 0 Å². The van der Waals surface area contributed by atoms with E-state index in [0.717, 1.165) is 39.0 Å². The average molecular weight is 493 g/mol. The molecule has 0 saturated carbocycles. The van der Waals surface area contributed by atoms with Crippen LogP contribution < -0.4 is 0 Å². The molecule has 34 heavy (non-hydrogen) atoms. The van der Waals surface area contributed by atoms with Gasteiger partial charge in [0.1, 0.15) is 0 Å². The Hall–Kier alpha value is -2.97. The van der Waals surface area contributed by atoms with Crippen LogP contribution in [0.25, 0.3) is 11.0 Å². The highest BCUT2D eigenvalue weighted by Gasteiger charge is 2.16. The molecule has 4 aromatic rings. The predicted octanol–water partition coefficient (Wildman–Crippen LogP) is 6.31. The molecule has 0 atom stereocenters. The van der Waals surface area contributed by atoms with E-state index in [0.29, 0.717) is 19.7 Å². The van der Waals surface area contributed by atoms with Crippen LogP contribution in [0, 0.1) is 6.92 Å². The van der Waals surface area contributed by atoms with Crippen LogP contribution in [-0.4, -0.2) is 44.8 Å². The van der Waals surface area contributed by atoms with E-state index in [9.17, 15) is 4.79 Å². The van der Waals surface area contributed by atoms with Gasteiger partial charge in [-0.15, -0.1) is 11.8 Å². The smallest absolute Gasteiger partial charge is 0.410 e. The highest BCUT2D eigenvalue weighted by Crippen LogP contribution is 2.28. The lowest BCUT2D eigenvalue weighted by molar-refractivity contribution is 0.107. The molecule has 0 unspecified atom stereocenters. The molecular weight excluding hydrogens is 464 g/mol. The number of ether oxygens (including phenoxy) is 1. The van der Waals surface area contributed by atoms with Crippen LogP contribution in [0.4, 0.5) is 4.79 Å². The summed E-state index contributed by atoms with van der Waals surface area (Å²) in [5.74, 6) is 1.51. The van der Waals surface area contributed by atoms with E-state index in [1.54, 1.807) is 28.4 Å². The van der Waals surface area contributed by atoms with Crippen LogP contribution in [0.3, 0.4) is 0 Å². The first-order valence-corrected chi connectivity index (χ1v) is 13.2. The summed E-state index contributed by atoms with van der Waals surface area (Å²) in [6.45, 7) is 5.45. The topological polar surface area (TPSA) is 71.1 Å². The second kappa shape index (κ2) is 11.9. The van der Waals surface area contributed by atoms with E-state index in [1.807, 2.05) is 73.8 Å². The van der Waals surface area contributed by atoms with E-state index < -0.39 is 0 Å². The van der Waals surface area contributed by atoms with Crippen LogP contribution in [0.5, 0.6) is 0 Å². The van der Waals surface area contributed by atoms with Gasteiger partial charge in [0.15, 0.2) is 5.16 Å². The lowest BCUT2D eigenvalue weighted by Gasteiger charge is -2.22. The zero-order valence-corrected chi connectivity index (χ0v) is 21.0. The molecule has 0 aliphatic carbocycles. The molecule has 2 aromatic heterocycles. The molecule has 8 heteroatoms. The second-order valence-corrected chi connectivity index (χ2v) is 9.78. The predicted molar refractivity (Wildman–Crippen MR) is 139 cm³/mol. The number of imidazole rings is 1. The highest BCUT2D eigenvalue weighted by atomic mass is 32.2. The van der Waals surface area contributed by atoms with Gasteiger partial charge >= 0.3 is 6.09 Å². The number of carbonyl (C=O) groups excluding carboxylic acids is 1. The van der Waals surface area contributed by atoms with Crippen LogP contribution in [-0.2, 0) is 17.0 Å². The number of nitrogens with one attached hydrogen (secondary N) is 1. The Morgan fingerprint density at radius 3 is 2.65 bits per heavy atom. The van der Waals surface area contributed by atoms with Gasteiger partial charge in [0.05, 0.1) is 23.3 Å². The molecule has 0 bridgehead atoms. The van der Waals surface area contributed by atoms with Gasteiger partial charge in [-0.2, -0.15) is 0 Å². The molecule has 6 nitrogen and oxygen atoms in total. The van der Waals surface area contributed by atoms with Crippen LogP contribution >= 0.6 is 23.5 Å². The summed E-state index contributed by atoms with van der Waals surface area (Å²) in [6.07, 6.45) is 1.58. The van der Waals surface area contributed by atoms with E-state index in [2.05, 4.69) is 21.9 Å². The number of benzene rings is 2. The Morgan fingerprint density at radius 1 is 1.06 bits per heavy atom. The molecule has 0 spiro atoms. The number of nitrogens with zero attached hydrogens (tertiary/aromatic N) is 3. The second-order valence-electron chi connectivity index (χ2n) is 7.68. The molecule has 0 saturated heterocycles. The Balaban J connectivity index is 1.36. The number of para-hydroxylation sites is 2. The van der Waals surface area contributed by atoms with Crippen molar-refractivity contribution in [2.45, 2.75) is 36.2 Å². The SMILES string of the molecule is CCOC(=O)N(CCSc1ccnc(CSc2nc3ccccc3[nH]2)c1C)Cc1ccccc1. The third kappa shape index (κ3) is 6.33. The van der Waals surface area contributed by atoms with Crippen LogP contribution in [0.15, 0.2) is 76.9 Å². The monoisotopic (exact) mass is 492 g/mol. The normalized spacial score (nSPS) is 11.0. The number of carbonyl (C=O) groups is 1. The van der Waals surface area contributed by atoms with Crippen molar-refractivity contribution >= 4 is 40.7 Å². The fourth-order valence-electron chi connectivity index (χ4n) is 3.51. The van der Waals surface area contributed by atoms with Crippen molar-refractivity contribution in [2.75, 3.05) is 18.9 Å². The molecule has 0 aliphatic heterocycles. The minimum atomic E-state index is -0.277. The zero-order chi connectivity index (χ0) is 23.8. The third-order valence-corrected chi connectivity index (χ3v) is 7.36. The molecule has 0 radical (unpaired) electrons. The van der Waals surface area contributed by atoms with E-state index >= 15 is 0 Å². The van der Waals surface area contributed by atoms with Gasteiger partial charge in [-0.25, -0.2) is 9.78 Å². The Labute approximate surface area is 208 Å². The number of hydrogen-bond donors (Lipinski definition) is 1. The third-order valence-electron chi connectivity index (χ3n) is 5.33. The fourth-order valence-corrected chi connectivity index (χ4v) is 5.45. The summed E-state index contributed by atoms with van der Waals surface area (Å²) in [5.41, 5.74) is 5.32. The first kappa shape index (κ1) is 24.2. The number of hydrogen-bond acceptors (Lipinski definition) is 6. The van der Waals surface area contributed by atoms with Gasteiger partial charge in [-0.1, -0.05) is 54.2 Å². The standard InChI is InChI=1S/C26H28N4O2S2/c1-3-32-26(31)30(17-20-9-5-4-6-10-20)15-16-33-24-13-14-27-23(19(24)2)18-34-25-28-21-11-7-8-12-22(21)29-25/h4-14H,3,15-18H2,1-2H3,(H,28,29). The van der Waals surface area contributed by atoms with Gasteiger partial charge in [-0.3, -0.25) is 4.98 Å². The summed E-state index contributed by atoms with van der Waals surface area (Å²) in [5, 5.41) is 0.895. The van der Waals surface area contributed by atoms with Gasteiger partial charge in [0.25, 0.3) is 0 Å². The van der Waals surface area contributed by atoms with E-state index in [4.69, 9.17) is 4.74 Å². The summed E-state index contributed by atoms with van der Waals surface area (Å²) < 4.78 is 5.27. The molecule has 2 aromatic carbocycles. The number of pyridine rings is 1. The van der Waals surface area contributed by atoms with Crippen LogP contribution in [0.1, 0.15) is 23.7 Å². The minimum Gasteiger partial charge on any atom is -0.450 e. The van der Waals surface area contributed by atoms with E-state index in [-0.39, 0.29) is 6.09 Å². The molecule has 176 valence electrons. The number of H-pyrrole nitrogens is 1. The molecule has 1 N–H and O–H groups in total. The van der Waals surface area contributed by atoms with Crippen molar-refractivity contribution < 1.29 is 9.53 Å². The lowest BCUT2D eigenvalue weighted by atomic mass is 10.2. The summed E-state index contributed by atoms with van der Waals surface area (Å²) >= 11 is 3.39. The van der Waals surface area contributed by atoms with Gasteiger partial charge in [0, 0.05) is 35.7 Å². The molecule has 1 amide bonds. The Morgan fingerprint density at radius 2 is 1.85 bits per heavy atom. The Kier molecular flexibility index (Phi) is 8.49. The maximum absolute atomic E-state index is 12.5.